The molecule has 41 heavy (non-hydrogen) atoms. The molecule has 2 aliphatic rings. The Bertz CT molecular complexity index is 1370. The van der Waals surface area contributed by atoms with Crippen LogP contribution in [0.3, 0.4) is 0 Å². The second-order valence-electron chi connectivity index (χ2n) is 10.1. The molecule has 4 aromatic carbocycles. The predicted molar refractivity (Wildman–Crippen MR) is 158 cm³/mol. The Kier molecular flexibility index (Phi) is 8.63. The van der Waals surface area contributed by atoms with E-state index < -0.39 is 5.41 Å². The molecule has 0 amide bonds. The second kappa shape index (κ2) is 12.9. The van der Waals surface area contributed by atoms with E-state index in [4.69, 9.17) is 28.4 Å². The molecule has 6 heteroatoms. The van der Waals surface area contributed by atoms with Gasteiger partial charge in [-0.25, -0.2) is 0 Å². The lowest BCUT2D eigenvalue weighted by Crippen LogP contribution is -2.28. The third-order valence-electron chi connectivity index (χ3n) is 7.60. The molecule has 1 fully saturated rings. The minimum absolute atomic E-state index is 0.267. The summed E-state index contributed by atoms with van der Waals surface area (Å²) < 4.78 is 33.4. The molecule has 0 aromatic heterocycles. The molecule has 6 rings (SSSR count). The molecule has 1 aliphatic carbocycles. The number of hydrogen-bond donors (Lipinski definition) is 0. The first-order chi connectivity index (χ1) is 20.3. The van der Waals surface area contributed by atoms with Crippen LogP contribution >= 0.6 is 0 Å². The number of epoxide rings is 1. The van der Waals surface area contributed by atoms with Crippen molar-refractivity contribution >= 4 is 0 Å². The largest absolute Gasteiger partial charge is 0.491 e. The minimum Gasteiger partial charge on any atom is -0.491 e. The van der Waals surface area contributed by atoms with Crippen LogP contribution in [0.1, 0.15) is 29.2 Å². The minimum atomic E-state index is -0.474. The van der Waals surface area contributed by atoms with Crippen molar-refractivity contribution in [3.63, 3.8) is 0 Å². The third kappa shape index (κ3) is 5.88. The molecule has 212 valence electrons. The summed E-state index contributed by atoms with van der Waals surface area (Å²) in [7, 11) is 0. The first-order valence-corrected chi connectivity index (χ1v) is 14.3. The van der Waals surface area contributed by atoms with Gasteiger partial charge in [-0.3, -0.25) is 0 Å². The molecule has 0 spiro atoms. The van der Waals surface area contributed by atoms with Crippen LogP contribution in [-0.2, 0) is 24.4 Å². The van der Waals surface area contributed by atoms with E-state index >= 15 is 0 Å². The Labute approximate surface area is 241 Å². The van der Waals surface area contributed by atoms with Gasteiger partial charge in [0.15, 0.2) is 0 Å². The summed E-state index contributed by atoms with van der Waals surface area (Å²) in [4.78, 5) is 0. The Morgan fingerprint density at radius 1 is 0.634 bits per heavy atom. The highest BCUT2D eigenvalue weighted by Crippen LogP contribution is 2.56. The van der Waals surface area contributed by atoms with E-state index in [1.165, 1.54) is 33.4 Å². The summed E-state index contributed by atoms with van der Waals surface area (Å²) in [6, 6.07) is 34.4. The average molecular weight is 553 g/mol. The topological polar surface area (TPSA) is 58.7 Å². The summed E-state index contributed by atoms with van der Waals surface area (Å²) in [6.07, 6.45) is 0.267. The number of benzene rings is 4. The van der Waals surface area contributed by atoms with E-state index in [9.17, 15) is 0 Å². The molecule has 1 saturated heterocycles. The molecule has 0 bridgehead atoms. The molecule has 0 radical (unpaired) electrons. The van der Waals surface area contributed by atoms with Gasteiger partial charge >= 0.3 is 0 Å². The van der Waals surface area contributed by atoms with Crippen molar-refractivity contribution in [1.82, 2.24) is 0 Å². The van der Waals surface area contributed by atoms with Crippen molar-refractivity contribution in [3.8, 4) is 22.6 Å². The van der Waals surface area contributed by atoms with Crippen molar-refractivity contribution in [2.45, 2.75) is 18.4 Å². The molecule has 1 aliphatic heterocycles. The fraction of sp³-hybridized carbons (Fsp3) is 0.314. The Morgan fingerprint density at radius 3 is 1.66 bits per heavy atom. The lowest BCUT2D eigenvalue weighted by Gasteiger charge is -2.34. The van der Waals surface area contributed by atoms with Crippen LogP contribution in [0.15, 0.2) is 97.1 Å². The van der Waals surface area contributed by atoms with E-state index in [-0.39, 0.29) is 12.9 Å². The average Bonchev–Trinajstić information content (AvgIpc) is 3.80. The van der Waals surface area contributed by atoms with Gasteiger partial charge in [0, 0.05) is 6.61 Å². The number of ether oxygens (including phenoxy) is 6. The van der Waals surface area contributed by atoms with E-state index in [0.29, 0.717) is 39.6 Å². The number of hydrogen-bond acceptors (Lipinski definition) is 6. The zero-order valence-electron chi connectivity index (χ0n) is 23.4. The van der Waals surface area contributed by atoms with Crippen LogP contribution in [0.4, 0.5) is 0 Å². The number of rotatable bonds is 15. The number of fused-ring (bicyclic) bond motifs is 3. The maximum absolute atomic E-state index is 5.99. The smallest absolute Gasteiger partial charge is 0.146 e. The molecule has 1 atom stereocenters. The van der Waals surface area contributed by atoms with Crippen molar-refractivity contribution < 1.29 is 28.4 Å². The van der Waals surface area contributed by atoms with Crippen LogP contribution in [0.25, 0.3) is 11.1 Å². The van der Waals surface area contributed by atoms with Crippen LogP contribution < -0.4 is 9.47 Å². The monoisotopic (exact) mass is 552 g/mol. The van der Waals surface area contributed by atoms with Gasteiger partial charge in [0.25, 0.3) is 0 Å². The summed E-state index contributed by atoms with van der Waals surface area (Å²) in [6.45, 7) is 6.28. The Hall–Kier alpha value is -3.68. The fourth-order valence-electron chi connectivity index (χ4n) is 5.64. The van der Waals surface area contributed by atoms with Crippen LogP contribution in [0.5, 0.6) is 11.5 Å². The van der Waals surface area contributed by atoms with Gasteiger partial charge < -0.3 is 28.4 Å². The highest BCUT2D eigenvalue weighted by molar-refractivity contribution is 5.86. The van der Waals surface area contributed by atoms with Gasteiger partial charge in [-0.15, -0.1) is 0 Å². The van der Waals surface area contributed by atoms with Crippen LogP contribution in [0, 0.1) is 0 Å². The zero-order valence-corrected chi connectivity index (χ0v) is 23.4. The van der Waals surface area contributed by atoms with E-state index in [1.54, 1.807) is 0 Å². The molecule has 0 N–H and O–H groups in total. The molecule has 1 heterocycles. The first kappa shape index (κ1) is 27.5. The van der Waals surface area contributed by atoms with E-state index in [1.807, 2.05) is 19.1 Å². The van der Waals surface area contributed by atoms with E-state index in [2.05, 4.69) is 84.9 Å². The lowest BCUT2D eigenvalue weighted by molar-refractivity contribution is -0.0561. The first-order valence-electron chi connectivity index (χ1n) is 14.3. The molecule has 6 nitrogen and oxygen atoms in total. The summed E-state index contributed by atoms with van der Waals surface area (Å²) >= 11 is 0. The van der Waals surface area contributed by atoms with Gasteiger partial charge in [-0.05, 0) is 64.6 Å². The Balaban J connectivity index is 1.28. The second-order valence-corrected chi connectivity index (χ2v) is 10.1. The predicted octanol–water partition coefficient (Wildman–Crippen LogP) is 6.23. The van der Waals surface area contributed by atoms with Crippen molar-refractivity contribution in [2.75, 3.05) is 53.0 Å². The van der Waals surface area contributed by atoms with Crippen LogP contribution in [0.2, 0.25) is 0 Å². The highest BCUT2D eigenvalue weighted by Gasteiger charge is 2.45. The van der Waals surface area contributed by atoms with Crippen molar-refractivity contribution in [3.05, 3.63) is 119 Å². The molecular formula is C35H36O6. The van der Waals surface area contributed by atoms with Gasteiger partial charge in [0.2, 0.25) is 0 Å². The molecule has 1 unspecified atom stereocenters. The molecule has 4 aromatic rings. The normalized spacial score (nSPS) is 16.2. The highest BCUT2D eigenvalue weighted by atomic mass is 16.7. The van der Waals surface area contributed by atoms with Crippen molar-refractivity contribution in [2.24, 2.45) is 0 Å². The third-order valence-corrected chi connectivity index (χ3v) is 7.60. The van der Waals surface area contributed by atoms with Crippen LogP contribution in [-0.4, -0.2) is 59.1 Å². The summed E-state index contributed by atoms with van der Waals surface area (Å²) in [5, 5.41) is 0. The maximum Gasteiger partial charge on any atom is 0.146 e. The summed E-state index contributed by atoms with van der Waals surface area (Å²) in [5.41, 5.74) is 6.94. The van der Waals surface area contributed by atoms with Gasteiger partial charge in [-0.1, -0.05) is 72.8 Å². The van der Waals surface area contributed by atoms with E-state index in [0.717, 1.165) is 18.1 Å². The lowest BCUT2D eigenvalue weighted by atomic mass is 9.68. The molecular weight excluding hydrogens is 516 g/mol. The fourth-order valence-corrected chi connectivity index (χ4v) is 5.64. The SMILES string of the molecule is CCOCOCCOc1ccc(C2(c3ccc(OCCOCC4CO4)cc3)c3ccccc3-c3ccccc32)cc1. The zero-order chi connectivity index (χ0) is 27.9. The van der Waals surface area contributed by atoms with Gasteiger partial charge in [0.1, 0.15) is 37.6 Å². The van der Waals surface area contributed by atoms with Crippen molar-refractivity contribution in [1.29, 1.82) is 0 Å². The standard InChI is InChI=1S/C35H36O6/c1-2-36-25-38-20-22-40-29-17-13-27(14-18-29)35(33-9-5-3-7-31(33)32-8-4-6-10-34(32)35)26-11-15-28(16-12-26)39-21-19-37-23-30-24-41-30/h3-18,30H,2,19-25H2,1H3. The van der Waals surface area contributed by atoms with Gasteiger partial charge in [0.05, 0.1) is 31.8 Å². The summed E-state index contributed by atoms with van der Waals surface area (Å²) in [5.74, 6) is 1.63. The Morgan fingerprint density at radius 2 is 1.15 bits per heavy atom. The quantitative estimate of drug-likeness (QED) is 0.0872. The molecule has 0 saturated carbocycles. The maximum atomic E-state index is 5.99. The van der Waals surface area contributed by atoms with Gasteiger partial charge in [-0.2, -0.15) is 0 Å².